The van der Waals surface area contributed by atoms with Gasteiger partial charge in [0, 0.05) is 23.4 Å². The van der Waals surface area contributed by atoms with Crippen LogP contribution in [0.1, 0.15) is 10.6 Å². The van der Waals surface area contributed by atoms with E-state index in [0.29, 0.717) is 0 Å². The van der Waals surface area contributed by atoms with E-state index < -0.39 is 0 Å². The summed E-state index contributed by atoms with van der Waals surface area (Å²) in [4.78, 5) is 4.72. The number of thiophene rings is 1. The molecule has 0 aliphatic rings. The first kappa shape index (κ1) is 14.4. The van der Waals surface area contributed by atoms with Crippen LogP contribution in [0.25, 0.3) is 11.3 Å². The Bertz CT molecular complexity index is 662. The number of hydrogen-bond donors (Lipinski definition) is 2. The molecule has 108 valence electrons. The number of hydrazine groups is 1. The summed E-state index contributed by atoms with van der Waals surface area (Å²) < 4.78 is 0. The van der Waals surface area contributed by atoms with E-state index in [-0.39, 0.29) is 6.04 Å². The second kappa shape index (κ2) is 6.95. The fourth-order valence-corrected chi connectivity index (χ4v) is 3.81. The van der Waals surface area contributed by atoms with Crippen LogP contribution < -0.4 is 11.3 Å². The van der Waals surface area contributed by atoms with Gasteiger partial charge >= 0.3 is 0 Å². The lowest BCUT2D eigenvalue weighted by Gasteiger charge is -2.13. The average Bonchev–Trinajstić information content (AvgIpc) is 3.19. The third kappa shape index (κ3) is 3.77. The molecule has 0 aliphatic heterocycles. The molecular weight excluding hydrogens is 298 g/mol. The first-order chi connectivity index (χ1) is 10.3. The first-order valence-corrected chi connectivity index (χ1v) is 8.64. The standard InChI is InChI=1S/C16H17N3S2/c17-19-14(8-12-6-7-20-10-12)9-16-18-15(11-21-16)13-4-2-1-3-5-13/h1-7,10-11,14,19H,8-9,17H2. The summed E-state index contributed by atoms with van der Waals surface area (Å²) in [5, 5.41) is 7.50. The maximum Gasteiger partial charge on any atom is 0.0948 e. The van der Waals surface area contributed by atoms with Crippen LogP contribution in [0.5, 0.6) is 0 Å². The highest BCUT2D eigenvalue weighted by molar-refractivity contribution is 7.10. The van der Waals surface area contributed by atoms with Gasteiger partial charge in [-0.2, -0.15) is 11.3 Å². The van der Waals surface area contributed by atoms with Crippen LogP contribution >= 0.6 is 22.7 Å². The Morgan fingerprint density at radius 2 is 1.95 bits per heavy atom. The van der Waals surface area contributed by atoms with Gasteiger partial charge in [0.2, 0.25) is 0 Å². The van der Waals surface area contributed by atoms with Crippen LogP contribution in [0.4, 0.5) is 0 Å². The molecule has 1 aromatic carbocycles. The van der Waals surface area contributed by atoms with Gasteiger partial charge in [-0.05, 0) is 28.8 Å². The van der Waals surface area contributed by atoms with E-state index in [9.17, 15) is 0 Å². The zero-order valence-electron chi connectivity index (χ0n) is 11.5. The summed E-state index contributed by atoms with van der Waals surface area (Å²) in [6, 6.07) is 12.6. The van der Waals surface area contributed by atoms with Gasteiger partial charge in [0.05, 0.1) is 10.7 Å². The molecule has 0 spiro atoms. The molecule has 3 aromatic rings. The van der Waals surface area contributed by atoms with Crippen LogP contribution in [0.2, 0.25) is 0 Å². The van der Waals surface area contributed by atoms with E-state index in [2.05, 4.69) is 39.8 Å². The zero-order chi connectivity index (χ0) is 14.5. The Labute approximate surface area is 132 Å². The molecule has 2 heterocycles. The van der Waals surface area contributed by atoms with Crippen molar-refractivity contribution in [2.45, 2.75) is 18.9 Å². The monoisotopic (exact) mass is 315 g/mol. The summed E-state index contributed by atoms with van der Waals surface area (Å²) in [6.07, 6.45) is 1.78. The second-order valence-electron chi connectivity index (χ2n) is 4.90. The maximum atomic E-state index is 5.69. The van der Waals surface area contributed by atoms with E-state index in [1.54, 1.807) is 22.7 Å². The molecular formula is C16H17N3S2. The van der Waals surface area contributed by atoms with Crippen molar-refractivity contribution >= 4 is 22.7 Å². The molecule has 5 heteroatoms. The normalized spacial score (nSPS) is 12.4. The van der Waals surface area contributed by atoms with Crippen molar-refractivity contribution in [3.63, 3.8) is 0 Å². The summed E-state index contributed by atoms with van der Waals surface area (Å²) >= 11 is 3.41. The molecule has 21 heavy (non-hydrogen) atoms. The molecule has 0 amide bonds. The second-order valence-corrected chi connectivity index (χ2v) is 6.62. The highest BCUT2D eigenvalue weighted by Gasteiger charge is 2.12. The molecule has 0 bridgehead atoms. The predicted molar refractivity (Wildman–Crippen MR) is 90.4 cm³/mol. The molecule has 1 unspecified atom stereocenters. The van der Waals surface area contributed by atoms with Gasteiger partial charge in [-0.15, -0.1) is 11.3 Å². The van der Waals surface area contributed by atoms with Crippen LogP contribution in [0.15, 0.2) is 52.5 Å². The average molecular weight is 315 g/mol. The van der Waals surface area contributed by atoms with Gasteiger partial charge in [0.1, 0.15) is 0 Å². The van der Waals surface area contributed by atoms with E-state index in [1.807, 2.05) is 18.2 Å². The minimum atomic E-state index is 0.217. The highest BCUT2D eigenvalue weighted by Crippen LogP contribution is 2.22. The fourth-order valence-electron chi connectivity index (χ4n) is 2.24. The number of nitrogens with zero attached hydrogens (tertiary/aromatic N) is 1. The molecule has 0 saturated carbocycles. The summed E-state index contributed by atoms with van der Waals surface area (Å²) in [5.74, 6) is 5.69. The van der Waals surface area contributed by atoms with Gasteiger partial charge in [-0.1, -0.05) is 30.3 Å². The minimum absolute atomic E-state index is 0.217. The lowest BCUT2D eigenvalue weighted by Crippen LogP contribution is -2.38. The Morgan fingerprint density at radius 1 is 1.10 bits per heavy atom. The Morgan fingerprint density at radius 3 is 2.67 bits per heavy atom. The number of nitrogens with one attached hydrogen (secondary N) is 1. The number of hydrogen-bond acceptors (Lipinski definition) is 5. The van der Waals surface area contributed by atoms with Crippen molar-refractivity contribution in [1.29, 1.82) is 0 Å². The van der Waals surface area contributed by atoms with Gasteiger partial charge in [0.25, 0.3) is 0 Å². The minimum Gasteiger partial charge on any atom is -0.271 e. The molecule has 3 N–H and O–H groups in total. The molecule has 3 rings (SSSR count). The molecule has 0 saturated heterocycles. The maximum absolute atomic E-state index is 5.69. The first-order valence-electron chi connectivity index (χ1n) is 6.82. The van der Waals surface area contributed by atoms with Gasteiger partial charge in [-0.25, -0.2) is 4.98 Å². The van der Waals surface area contributed by atoms with Crippen LogP contribution in [-0.4, -0.2) is 11.0 Å². The number of nitrogens with two attached hydrogens (primary N) is 1. The SMILES string of the molecule is NNC(Cc1ccsc1)Cc1nc(-c2ccccc2)cs1. The smallest absolute Gasteiger partial charge is 0.0948 e. The highest BCUT2D eigenvalue weighted by atomic mass is 32.1. The third-order valence-electron chi connectivity index (χ3n) is 3.34. The Kier molecular flexibility index (Phi) is 4.77. The number of benzene rings is 1. The van der Waals surface area contributed by atoms with Crippen LogP contribution in [0.3, 0.4) is 0 Å². The van der Waals surface area contributed by atoms with Crippen molar-refractivity contribution in [3.8, 4) is 11.3 Å². The van der Waals surface area contributed by atoms with Crippen molar-refractivity contribution in [3.05, 3.63) is 63.1 Å². The fraction of sp³-hybridized carbons (Fsp3) is 0.188. The molecule has 0 aliphatic carbocycles. The lowest BCUT2D eigenvalue weighted by atomic mass is 10.1. The van der Waals surface area contributed by atoms with Gasteiger partial charge in [-0.3, -0.25) is 11.3 Å². The number of thiazole rings is 1. The summed E-state index contributed by atoms with van der Waals surface area (Å²) in [5.41, 5.74) is 6.44. The molecule has 1 atom stereocenters. The van der Waals surface area contributed by atoms with Crippen molar-refractivity contribution < 1.29 is 0 Å². The van der Waals surface area contributed by atoms with Gasteiger partial charge < -0.3 is 0 Å². The summed E-state index contributed by atoms with van der Waals surface area (Å²) in [6.45, 7) is 0. The van der Waals surface area contributed by atoms with Crippen molar-refractivity contribution in [2.75, 3.05) is 0 Å². The van der Waals surface area contributed by atoms with Crippen molar-refractivity contribution in [2.24, 2.45) is 5.84 Å². The molecule has 2 aromatic heterocycles. The van der Waals surface area contributed by atoms with Crippen molar-refractivity contribution in [1.82, 2.24) is 10.4 Å². The quantitative estimate of drug-likeness (QED) is 0.541. The number of aromatic nitrogens is 1. The summed E-state index contributed by atoms with van der Waals surface area (Å²) in [7, 11) is 0. The molecule has 0 fully saturated rings. The molecule has 0 radical (unpaired) electrons. The predicted octanol–water partition coefficient (Wildman–Crippen LogP) is 3.49. The van der Waals surface area contributed by atoms with E-state index in [1.165, 1.54) is 5.56 Å². The van der Waals surface area contributed by atoms with E-state index in [4.69, 9.17) is 10.8 Å². The third-order valence-corrected chi connectivity index (χ3v) is 4.94. The van der Waals surface area contributed by atoms with E-state index in [0.717, 1.165) is 29.1 Å². The van der Waals surface area contributed by atoms with E-state index >= 15 is 0 Å². The Balaban J connectivity index is 1.68. The zero-order valence-corrected chi connectivity index (χ0v) is 13.2. The largest absolute Gasteiger partial charge is 0.271 e. The van der Waals surface area contributed by atoms with Crippen LogP contribution in [-0.2, 0) is 12.8 Å². The lowest BCUT2D eigenvalue weighted by molar-refractivity contribution is 0.522. The Hall–Kier alpha value is -1.53. The number of rotatable bonds is 6. The van der Waals surface area contributed by atoms with Crippen LogP contribution in [0, 0.1) is 0 Å². The topological polar surface area (TPSA) is 50.9 Å². The van der Waals surface area contributed by atoms with Gasteiger partial charge in [0.15, 0.2) is 0 Å². The molecule has 3 nitrogen and oxygen atoms in total.